The number of aromatic nitrogens is 2. The molecular formula is C9H5N5O2S2. The first-order valence-electron chi connectivity index (χ1n) is 4.55. The van der Waals surface area contributed by atoms with E-state index in [0.29, 0.717) is 20.7 Å². The normalized spacial score (nSPS) is 9.94. The smallest absolute Gasteiger partial charge is 0.287 e. The van der Waals surface area contributed by atoms with E-state index < -0.39 is 4.92 Å². The molecule has 0 saturated heterocycles. The summed E-state index contributed by atoms with van der Waals surface area (Å²) in [4.78, 5) is 18.0. The van der Waals surface area contributed by atoms with Crippen molar-refractivity contribution in [3.05, 3.63) is 28.4 Å². The van der Waals surface area contributed by atoms with Crippen LogP contribution in [0.3, 0.4) is 0 Å². The van der Waals surface area contributed by atoms with Gasteiger partial charge in [0.25, 0.3) is 5.69 Å². The second kappa shape index (κ2) is 4.99. The van der Waals surface area contributed by atoms with Gasteiger partial charge in [-0.15, -0.1) is 0 Å². The molecule has 2 heterocycles. The molecular weight excluding hydrogens is 274 g/mol. The van der Waals surface area contributed by atoms with Crippen LogP contribution in [0.1, 0.15) is 0 Å². The topological polar surface area (TPSA) is 119 Å². The first-order valence-corrected chi connectivity index (χ1v) is 6.18. The lowest BCUT2D eigenvalue weighted by Gasteiger charge is -1.97. The van der Waals surface area contributed by atoms with Gasteiger partial charge in [0.2, 0.25) is 0 Å². The van der Waals surface area contributed by atoms with Crippen LogP contribution in [0.25, 0.3) is 11.4 Å². The van der Waals surface area contributed by atoms with E-state index >= 15 is 0 Å². The van der Waals surface area contributed by atoms with E-state index in [9.17, 15) is 10.1 Å². The number of nitrogens with zero attached hydrogens (tertiary/aromatic N) is 4. The van der Waals surface area contributed by atoms with Gasteiger partial charge in [-0.25, -0.2) is 9.97 Å². The average molecular weight is 279 g/mol. The van der Waals surface area contributed by atoms with Crippen LogP contribution in [-0.2, 0) is 0 Å². The minimum absolute atomic E-state index is 0.101. The Labute approximate surface area is 109 Å². The summed E-state index contributed by atoms with van der Waals surface area (Å²) in [6.07, 6.45) is 1.14. The highest BCUT2D eigenvalue weighted by Gasteiger charge is 2.15. The van der Waals surface area contributed by atoms with Crippen molar-refractivity contribution in [1.82, 2.24) is 9.97 Å². The maximum atomic E-state index is 10.5. The zero-order valence-corrected chi connectivity index (χ0v) is 10.4. The van der Waals surface area contributed by atoms with E-state index in [1.165, 1.54) is 23.5 Å². The number of thioether (sulfide) groups is 1. The summed E-state index contributed by atoms with van der Waals surface area (Å²) in [5, 5.41) is 21.4. The fraction of sp³-hybridized carbons (Fsp3) is 0. The zero-order valence-electron chi connectivity index (χ0n) is 8.73. The van der Waals surface area contributed by atoms with Crippen LogP contribution in [0, 0.1) is 20.8 Å². The van der Waals surface area contributed by atoms with E-state index in [2.05, 4.69) is 9.97 Å². The third-order valence-corrected chi connectivity index (χ3v) is 3.60. The van der Waals surface area contributed by atoms with Crippen LogP contribution >= 0.6 is 23.1 Å². The van der Waals surface area contributed by atoms with Crippen molar-refractivity contribution in [2.75, 3.05) is 5.73 Å². The highest BCUT2D eigenvalue weighted by atomic mass is 32.2. The SMILES string of the molecule is N#CSc1sc(N)nc1-c1ccc([N+](=O)[O-])cn1. The lowest BCUT2D eigenvalue weighted by molar-refractivity contribution is -0.385. The summed E-state index contributed by atoms with van der Waals surface area (Å²) in [6, 6.07) is 2.81. The molecule has 0 radical (unpaired) electrons. The van der Waals surface area contributed by atoms with Gasteiger partial charge in [0, 0.05) is 17.8 Å². The molecule has 7 nitrogen and oxygen atoms in total. The average Bonchev–Trinajstić information content (AvgIpc) is 2.71. The van der Waals surface area contributed by atoms with E-state index in [4.69, 9.17) is 11.0 Å². The molecule has 90 valence electrons. The predicted octanol–water partition coefficient (Wildman–Crippen LogP) is 2.27. The fourth-order valence-corrected chi connectivity index (χ4v) is 2.67. The van der Waals surface area contributed by atoms with Gasteiger partial charge in [0.1, 0.15) is 21.5 Å². The molecule has 0 aromatic carbocycles. The molecule has 2 aromatic rings. The minimum Gasteiger partial charge on any atom is -0.375 e. The Morgan fingerprint density at radius 1 is 1.56 bits per heavy atom. The maximum absolute atomic E-state index is 10.5. The van der Waals surface area contributed by atoms with Gasteiger partial charge in [-0.1, -0.05) is 11.3 Å². The highest BCUT2D eigenvalue weighted by Crippen LogP contribution is 2.36. The molecule has 0 amide bonds. The van der Waals surface area contributed by atoms with Crippen molar-refractivity contribution in [3.8, 4) is 16.8 Å². The van der Waals surface area contributed by atoms with Crippen molar-refractivity contribution in [1.29, 1.82) is 5.26 Å². The van der Waals surface area contributed by atoms with E-state index in [0.717, 1.165) is 18.0 Å². The van der Waals surface area contributed by atoms with Crippen molar-refractivity contribution in [3.63, 3.8) is 0 Å². The number of thiazole rings is 1. The van der Waals surface area contributed by atoms with Gasteiger partial charge < -0.3 is 5.73 Å². The number of anilines is 1. The summed E-state index contributed by atoms with van der Waals surface area (Å²) >= 11 is 2.11. The van der Waals surface area contributed by atoms with Gasteiger partial charge in [0.15, 0.2) is 5.13 Å². The molecule has 0 spiro atoms. The number of nitrogens with two attached hydrogens (primary N) is 1. The first kappa shape index (κ1) is 12.3. The number of nitrogen functional groups attached to an aromatic ring is 1. The Morgan fingerprint density at radius 2 is 2.33 bits per heavy atom. The Kier molecular flexibility index (Phi) is 3.40. The lowest BCUT2D eigenvalue weighted by Crippen LogP contribution is -1.91. The third-order valence-electron chi connectivity index (χ3n) is 1.95. The number of nitriles is 1. The molecule has 0 aliphatic heterocycles. The monoisotopic (exact) mass is 279 g/mol. The van der Waals surface area contributed by atoms with Crippen molar-refractivity contribution in [2.24, 2.45) is 0 Å². The number of rotatable bonds is 3. The molecule has 2 N–H and O–H groups in total. The molecule has 0 atom stereocenters. The second-order valence-corrected chi connectivity index (χ2v) is 5.12. The van der Waals surface area contributed by atoms with Crippen molar-refractivity contribution >= 4 is 33.9 Å². The molecule has 0 saturated carbocycles. The Bertz CT molecular complexity index is 631. The van der Waals surface area contributed by atoms with Crippen LogP contribution in [0.2, 0.25) is 0 Å². The number of hydrogen-bond acceptors (Lipinski definition) is 8. The van der Waals surface area contributed by atoms with Crippen molar-refractivity contribution < 1.29 is 4.92 Å². The molecule has 0 fully saturated rings. The highest BCUT2D eigenvalue weighted by molar-refractivity contribution is 8.05. The fourth-order valence-electron chi connectivity index (χ4n) is 1.23. The summed E-state index contributed by atoms with van der Waals surface area (Å²) < 4.78 is 0.622. The van der Waals surface area contributed by atoms with Crippen LogP contribution in [0.4, 0.5) is 10.8 Å². The molecule has 2 rings (SSSR count). The Hall–Kier alpha value is -2.18. The predicted molar refractivity (Wildman–Crippen MR) is 67.9 cm³/mol. The minimum atomic E-state index is -0.531. The largest absolute Gasteiger partial charge is 0.375 e. The van der Waals surface area contributed by atoms with E-state index in [1.54, 1.807) is 0 Å². The maximum Gasteiger partial charge on any atom is 0.287 e. The molecule has 0 aliphatic carbocycles. The summed E-state index contributed by atoms with van der Waals surface area (Å²) in [7, 11) is 0. The van der Waals surface area contributed by atoms with E-state index in [-0.39, 0.29) is 5.69 Å². The number of thiocyanates is 1. The number of hydrogen-bond donors (Lipinski definition) is 1. The molecule has 0 bridgehead atoms. The van der Waals surface area contributed by atoms with Gasteiger partial charge >= 0.3 is 0 Å². The summed E-state index contributed by atoms with van der Waals surface area (Å²) in [5.41, 5.74) is 6.39. The number of nitro groups is 1. The quantitative estimate of drug-likeness (QED) is 0.396. The molecule has 18 heavy (non-hydrogen) atoms. The summed E-state index contributed by atoms with van der Waals surface area (Å²) in [6.45, 7) is 0. The summed E-state index contributed by atoms with van der Waals surface area (Å²) in [5.74, 6) is 0. The van der Waals surface area contributed by atoms with Crippen LogP contribution < -0.4 is 5.73 Å². The third kappa shape index (κ3) is 2.39. The van der Waals surface area contributed by atoms with Crippen LogP contribution in [0.15, 0.2) is 22.5 Å². The second-order valence-electron chi connectivity index (χ2n) is 3.04. The molecule has 2 aromatic heterocycles. The standard InChI is InChI=1S/C9H5N5O2S2/c10-4-17-8-7(13-9(11)18-8)6-2-1-5(3-12-6)14(15)16/h1-3H,(H2,11,13). The molecule has 9 heteroatoms. The van der Waals surface area contributed by atoms with Crippen molar-refractivity contribution in [2.45, 2.75) is 4.21 Å². The lowest BCUT2D eigenvalue weighted by atomic mass is 10.3. The van der Waals surface area contributed by atoms with Crippen LogP contribution in [-0.4, -0.2) is 14.9 Å². The van der Waals surface area contributed by atoms with Crippen LogP contribution in [0.5, 0.6) is 0 Å². The van der Waals surface area contributed by atoms with Gasteiger partial charge in [0.05, 0.1) is 10.6 Å². The Balaban J connectivity index is 2.42. The van der Waals surface area contributed by atoms with Gasteiger partial charge in [-0.2, -0.15) is 5.26 Å². The molecule has 0 unspecified atom stereocenters. The number of pyridine rings is 1. The zero-order chi connectivity index (χ0) is 13.1. The molecule has 0 aliphatic rings. The van der Waals surface area contributed by atoms with Gasteiger partial charge in [-0.3, -0.25) is 10.1 Å². The Morgan fingerprint density at radius 3 is 2.89 bits per heavy atom. The van der Waals surface area contributed by atoms with E-state index in [1.807, 2.05) is 5.40 Å². The first-order chi connectivity index (χ1) is 8.61. The van der Waals surface area contributed by atoms with Gasteiger partial charge in [-0.05, 0) is 6.07 Å².